The van der Waals surface area contributed by atoms with Gasteiger partial charge in [0.25, 0.3) is 11.8 Å². The maximum absolute atomic E-state index is 12.3. The van der Waals surface area contributed by atoms with Crippen LogP contribution in [0.15, 0.2) is 48.5 Å². The molecule has 2 aliphatic heterocycles. The summed E-state index contributed by atoms with van der Waals surface area (Å²) in [5, 5.41) is 0.511. The fourth-order valence-electron chi connectivity index (χ4n) is 2.98. The molecule has 0 radical (unpaired) electrons. The van der Waals surface area contributed by atoms with Crippen LogP contribution in [0.2, 0.25) is 0 Å². The van der Waals surface area contributed by atoms with E-state index in [1.807, 2.05) is 6.92 Å². The van der Waals surface area contributed by atoms with Gasteiger partial charge < -0.3 is 9.57 Å². The van der Waals surface area contributed by atoms with Gasteiger partial charge in [0.2, 0.25) is 0 Å². The highest BCUT2D eigenvalue weighted by atomic mass is 16.7. The normalized spacial score (nSPS) is 21.7. The molecule has 126 valence electrons. The van der Waals surface area contributed by atoms with Gasteiger partial charge in [-0.05, 0) is 36.8 Å². The second kappa shape index (κ2) is 5.53. The lowest BCUT2D eigenvalue weighted by Crippen LogP contribution is -2.37. The van der Waals surface area contributed by atoms with Crippen molar-refractivity contribution < 1.29 is 24.0 Å². The fraction of sp³-hybridized carbons (Fsp3) is 0.211. The molecule has 0 saturated carbocycles. The van der Waals surface area contributed by atoms with E-state index in [4.69, 9.17) is 9.57 Å². The van der Waals surface area contributed by atoms with Gasteiger partial charge in [-0.3, -0.25) is 9.59 Å². The van der Waals surface area contributed by atoms with E-state index in [2.05, 4.69) is 0 Å². The van der Waals surface area contributed by atoms with Crippen LogP contribution in [0.1, 0.15) is 50.0 Å². The van der Waals surface area contributed by atoms with Crippen molar-refractivity contribution in [2.24, 2.45) is 0 Å². The first-order valence-electron chi connectivity index (χ1n) is 7.94. The SMILES string of the molecule is CC1(c2ccc(C(=O)ON3C(=O)c4ccccc4C3=O)cc2)CCO1. The molecular weight excluding hydrogens is 322 g/mol. The molecule has 1 atom stereocenters. The number of hydrogen-bond donors (Lipinski definition) is 0. The van der Waals surface area contributed by atoms with Gasteiger partial charge in [0, 0.05) is 6.42 Å². The third-order valence-electron chi connectivity index (χ3n) is 4.66. The van der Waals surface area contributed by atoms with Crippen LogP contribution in [0, 0.1) is 0 Å². The van der Waals surface area contributed by atoms with Crippen LogP contribution in [-0.2, 0) is 15.2 Å². The Hall–Kier alpha value is -2.99. The molecule has 2 aliphatic rings. The minimum atomic E-state index is -0.763. The van der Waals surface area contributed by atoms with Crippen molar-refractivity contribution in [1.82, 2.24) is 5.06 Å². The van der Waals surface area contributed by atoms with E-state index in [1.165, 1.54) is 12.1 Å². The molecule has 0 aliphatic carbocycles. The summed E-state index contributed by atoms with van der Waals surface area (Å²) in [6.07, 6.45) is 0.922. The minimum Gasteiger partial charge on any atom is -0.370 e. The van der Waals surface area contributed by atoms with Gasteiger partial charge in [-0.2, -0.15) is 0 Å². The number of nitrogens with zero attached hydrogens (tertiary/aromatic N) is 1. The molecule has 0 aromatic heterocycles. The molecule has 2 aromatic rings. The number of carbonyl (C=O) groups excluding carboxylic acids is 3. The monoisotopic (exact) mass is 337 g/mol. The molecule has 1 fully saturated rings. The number of benzene rings is 2. The van der Waals surface area contributed by atoms with Crippen molar-refractivity contribution in [2.75, 3.05) is 6.61 Å². The molecule has 1 saturated heterocycles. The van der Waals surface area contributed by atoms with E-state index in [-0.39, 0.29) is 22.3 Å². The van der Waals surface area contributed by atoms with Crippen molar-refractivity contribution >= 4 is 17.8 Å². The summed E-state index contributed by atoms with van der Waals surface area (Å²) < 4.78 is 5.56. The second-order valence-electron chi connectivity index (χ2n) is 6.24. The molecule has 0 N–H and O–H groups in total. The molecule has 6 heteroatoms. The van der Waals surface area contributed by atoms with Crippen molar-refractivity contribution in [1.29, 1.82) is 0 Å². The third-order valence-corrected chi connectivity index (χ3v) is 4.66. The third kappa shape index (κ3) is 2.42. The molecule has 2 amide bonds. The highest BCUT2D eigenvalue weighted by molar-refractivity contribution is 6.21. The molecule has 6 nitrogen and oxygen atoms in total. The van der Waals surface area contributed by atoms with Crippen LogP contribution in [0.3, 0.4) is 0 Å². The number of ether oxygens (including phenoxy) is 1. The summed E-state index contributed by atoms with van der Waals surface area (Å²) in [5.41, 5.74) is 1.36. The molecule has 1 unspecified atom stereocenters. The van der Waals surface area contributed by atoms with Crippen molar-refractivity contribution in [2.45, 2.75) is 18.9 Å². The maximum Gasteiger partial charge on any atom is 0.363 e. The largest absolute Gasteiger partial charge is 0.370 e. The van der Waals surface area contributed by atoms with Crippen LogP contribution < -0.4 is 0 Å². The van der Waals surface area contributed by atoms with Gasteiger partial charge in [0.05, 0.1) is 28.9 Å². The Labute approximate surface area is 143 Å². The van der Waals surface area contributed by atoms with Crippen molar-refractivity contribution in [3.63, 3.8) is 0 Å². The number of fused-ring (bicyclic) bond motifs is 1. The molecule has 25 heavy (non-hydrogen) atoms. The van der Waals surface area contributed by atoms with Gasteiger partial charge in [0.1, 0.15) is 0 Å². The van der Waals surface area contributed by atoms with Gasteiger partial charge in [-0.25, -0.2) is 4.79 Å². The lowest BCUT2D eigenvalue weighted by molar-refractivity contribution is -0.140. The Bertz CT molecular complexity index is 848. The van der Waals surface area contributed by atoms with Crippen LogP contribution in [-0.4, -0.2) is 29.5 Å². The highest BCUT2D eigenvalue weighted by Gasteiger charge is 2.39. The summed E-state index contributed by atoms with van der Waals surface area (Å²) >= 11 is 0. The quantitative estimate of drug-likeness (QED) is 0.805. The molecule has 0 spiro atoms. The average Bonchev–Trinajstić information content (AvgIpc) is 2.85. The number of hydrogen-bond acceptors (Lipinski definition) is 5. The number of hydroxylamine groups is 2. The summed E-state index contributed by atoms with van der Waals surface area (Å²) in [6, 6.07) is 13.1. The maximum atomic E-state index is 12.3. The van der Waals surface area contributed by atoms with E-state index in [1.54, 1.807) is 36.4 Å². The lowest BCUT2D eigenvalue weighted by atomic mass is 9.88. The Morgan fingerprint density at radius 1 is 1.04 bits per heavy atom. The predicted molar refractivity (Wildman–Crippen MR) is 86.7 cm³/mol. The summed E-state index contributed by atoms with van der Waals surface area (Å²) in [5.74, 6) is -2.04. The van der Waals surface area contributed by atoms with E-state index in [0.29, 0.717) is 5.06 Å². The Morgan fingerprint density at radius 3 is 2.08 bits per heavy atom. The Morgan fingerprint density at radius 2 is 1.60 bits per heavy atom. The molecule has 0 bridgehead atoms. The predicted octanol–water partition coefficient (Wildman–Crippen LogP) is 2.69. The lowest BCUT2D eigenvalue weighted by Gasteiger charge is -2.39. The van der Waals surface area contributed by atoms with Gasteiger partial charge in [-0.15, -0.1) is 0 Å². The summed E-state index contributed by atoms with van der Waals surface area (Å²) in [4.78, 5) is 41.8. The number of rotatable bonds is 3. The zero-order valence-corrected chi connectivity index (χ0v) is 13.5. The topological polar surface area (TPSA) is 72.9 Å². The molecular formula is C19H15NO5. The van der Waals surface area contributed by atoms with E-state index in [0.717, 1.165) is 18.6 Å². The number of amides is 2. The minimum absolute atomic E-state index is 0.228. The number of imide groups is 1. The summed E-state index contributed by atoms with van der Waals surface area (Å²) in [7, 11) is 0. The second-order valence-corrected chi connectivity index (χ2v) is 6.24. The van der Waals surface area contributed by atoms with Crippen LogP contribution in [0.5, 0.6) is 0 Å². The van der Waals surface area contributed by atoms with Gasteiger partial charge in [-0.1, -0.05) is 29.3 Å². The first kappa shape index (κ1) is 15.5. The standard InChI is InChI=1S/C19H15NO5/c1-19(10-11-24-19)13-8-6-12(7-9-13)18(23)25-20-16(21)14-4-2-3-5-15(14)17(20)22/h2-9H,10-11H2,1H3. The average molecular weight is 337 g/mol. The van der Waals surface area contributed by atoms with Gasteiger partial charge in [0.15, 0.2) is 0 Å². The highest BCUT2D eigenvalue weighted by Crippen LogP contribution is 2.36. The van der Waals surface area contributed by atoms with E-state index in [9.17, 15) is 14.4 Å². The first-order valence-corrected chi connectivity index (χ1v) is 7.94. The number of carbonyl (C=O) groups is 3. The zero-order chi connectivity index (χ0) is 17.6. The molecule has 2 aromatic carbocycles. The molecule has 4 rings (SSSR count). The van der Waals surface area contributed by atoms with Gasteiger partial charge >= 0.3 is 5.97 Å². The summed E-state index contributed by atoms with van der Waals surface area (Å²) in [6.45, 7) is 2.71. The van der Waals surface area contributed by atoms with Crippen LogP contribution in [0.25, 0.3) is 0 Å². The van der Waals surface area contributed by atoms with E-state index >= 15 is 0 Å². The smallest absolute Gasteiger partial charge is 0.363 e. The van der Waals surface area contributed by atoms with Crippen molar-refractivity contribution in [3.05, 3.63) is 70.8 Å². The van der Waals surface area contributed by atoms with Crippen LogP contribution in [0.4, 0.5) is 0 Å². The zero-order valence-electron chi connectivity index (χ0n) is 13.5. The van der Waals surface area contributed by atoms with E-state index < -0.39 is 17.8 Å². The first-order chi connectivity index (χ1) is 12.0. The molecule has 2 heterocycles. The Balaban J connectivity index is 1.51. The Kier molecular flexibility index (Phi) is 3.43. The fourth-order valence-corrected chi connectivity index (χ4v) is 2.98. The van der Waals surface area contributed by atoms with Crippen molar-refractivity contribution in [3.8, 4) is 0 Å². The van der Waals surface area contributed by atoms with Crippen LogP contribution >= 0.6 is 0 Å².